The summed E-state index contributed by atoms with van der Waals surface area (Å²) in [7, 11) is 1.88. The second kappa shape index (κ2) is 6.82. The highest BCUT2D eigenvalue weighted by molar-refractivity contribution is 7.99. The van der Waals surface area contributed by atoms with Gasteiger partial charge in [-0.25, -0.2) is 4.79 Å². The number of amides is 3. The second-order valence-electron chi connectivity index (χ2n) is 5.19. The maximum absolute atomic E-state index is 12.0. The Morgan fingerprint density at radius 3 is 2.78 bits per heavy atom. The third-order valence-electron chi connectivity index (χ3n) is 3.61. The lowest BCUT2D eigenvalue weighted by Gasteiger charge is -2.11. The molecule has 3 rings (SSSR count). The summed E-state index contributed by atoms with van der Waals surface area (Å²) >= 11 is 1.29. The van der Waals surface area contributed by atoms with Crippen molar-refractivity contribution in [1.82, 2.24) is 25.0 Å². The molecule has 2 aromatic rings. The minimum Gasteiger partial charge on any atom is -0.336 e. The normalized spacial score (nSPS) is 14.1. The third kappa shape index (κ3) is 3.53. The molecule has 1 aliphatic heterocycles. The smallest absolute Gasteiger partial charge is 0.324 e. The summed E-state index contributed by atoms with van der Waals surface area (Å²) in [6, 6.07) is 9.70. The molecule has 0 spiro atoms. The zero-order valence-corrected chi connectivity index (χ0v) is 13.5. The van der Waals surface area contributed by atoms with Gasteiger partial charge in [0.2, 0.25) is 5.91 Å². The molecular weight excluding hydrogens is 314 g/mol. The molecular formula is C15H17N5O2S. The fourth-order valence-corrected chi connectivity index (χ4v) is 3.12. The van der Waals surface area contributed by atoms with Crippen LogP contribution in [-0.2, 0) is 18.3 Å². The molecule has 2 heterocycles. The SMILES string of the molecule is Cn1c(Cc2ccccc2)nnc1SCC(=O)N1CCNC1=O. The van der Waals surface area contributed by atoms with Gasteiger partial charge in [-0.1, -0.05) is 42.1 Å². The van der Waals surface area contributed by atoms with Crippen LogP contribution >= 0.6 is 11.8 Å². The summed E-state index contributed by atoms with van der Waals surface area (Å²) in [5.74, 6) is 0.799. The number of hydrogen-bond donors (Lipinski definition) is 1. The topological polar surface area (TPSA) is 80.1 Å². The van der Waals surface area contributed by atoms with Gasteiger partial charge >= 0.3 is 6.03 Å². The van der Waals surface area contributed by atoms with Crippen molar-refractivity contribution in [3.8, 4) is 0 Å². The molecule has 1 N–H and O–H groups in total. The lowest BCUT2D eigenvalue weighted by molar-refractivity contribution is -0.124. The summed E-state index contributed by atoms with van der Waals surface area (Å²) < 4.78 is 1.88. The summed E-state index contributed by atoms with van der Waals surface area (Å²) in [5.41, 5.74) is 1.16. The van der Waals surface area contributed by atoms with Crippen LogP contribution in [0, 0.1) is 0 Å². The fraction of sp³-hybridized carbons (Fsp3) is 0.333. The maximum Gasteiger partial charge on any atom is 0.324 e. The summed E-state index contributed by atoms with van der Waals surface area (Å²) in [5, 5.41) is 11.6. The Morgan fingerprint density at radius 1 is 1.30 bits per heavy atom. The van der Waals surface area contributed by atoms with E-state index >= 15 is 0 Å². The van der Waals surface area contributed by atoms with Crippen LogP contribution in [0.2, 0.25) is 0 Å². The molecule has 0 radical (unpaired) electrons. The van der Waals surface area contributed by atoms with Crippen LogP contribution in [0.4, 0.5) is 4.79 Å². The quantitative estimate of drug-likeness (QED) is 0.829. The molecule has 8 heteroatoms. The van der Waals surface area contributed by atoms with E-state index in [0.717, 1.165) is 11.4 Å². The predicted molar refractivity (Wildman–Crippen MR) is 86.1 cm³/mol. The molecule has 3 amide bonds. The number of aromatic nitrogens is 3. The van der Waals surface area contributed by atoms with E-state index < -0.39 is 0 Å². The molecule has 0 bridgehead atoms. The molecule has 0 atom stereocenters. The van der Waals surface area contributed by atoms with Gasteiger partial charge in [-0.15, -0.1) is 10.2 Å². The number of carbonyl (C=O) groups excluding carboxylic acids is 2. The summed E-state index contributed by atoms with van der Waals surface area (Å²) in [4.78, 5) is 24.7. The molecule has 1 saturated heterocycles. The van der Waals surface area contributed by atoms with Crippen molar-refractivity contribution >= 4 is 23.7 Å². The molecule has 0 unspecified atom stereocenters. The molecule has 120 valence electrons. The van der Waals surface area contributed by atoms with Crippen LogP contribution in [0.25, 0.3) is 0 Å². The first-order chi connectivity index (χ1) is 11.1. The van der Waals surface area contributed by atoms with Crippen molar-refractivity contribution < 1.29 is 9.59 Å². The van der Waals surface area contributed by atoms with E-state index in [1.165, 1.54) is 16.7 Å². The Morgan fingerprint density at radius 2 is 2.09 bits per heavy atom. The van der Waals surface area contributed by atoms with Crippen molar-refractivity contribution in [3.05, 3.63) is 41.7 Å². The van der Waals surface area contributed by atoms with E-state index in [-0.39, 0.29) is 17.7 Å². The predicted octanol–water partition coefficient (Wildman–Crippen LogP) is 1.05. The number of urea groups is 1. The van der Waals surface area contributed by atoms with Crippen LogP contribution in [-0.4, -0.2) is 50.4 Å². The molecule has 1 aromatic heterocycles. The van der Waals surface area contributed by atoms with Crippen molar-refractivity contribution in [3.63, 3.8) is 0 Å². The van der Waals surface area contributed by atoms with Crippen molar-refractivity contribution in [2.75, 3.05) is 18.8 Å². The largest absolute Gasteiger partial charge is 0.336 e. The maximum atomic E-state index is 12.0. The van der Waals surface area contributed by atoms with E-state index in [4.69, 9.17) is 0 Å². The van der Waals surface area contributed by atoms with Crippen LogP contribution in [0.15, 0.2) is 35.5 Å². The van der Waals surface area contributed by atoms with Gasteiger partial charge in [0, 0.05) is 26.6 Å². The van der Waals surface area contributed by atoms with Gasteiger partial charge in [0.15, 0.2) is 5.16 Å². The van der Waals surface area contributed by atoms with Gasteiger partial charge in [-0.05, 0) is 5.56 Å². The molecule has 0 aliphatic carbocycles. The van der Waals surface area contributed by atoms with E-state index in [2.05, 4.69) is 15.5 Å². The average molecular weight is 331 g/mol. The highest BCUT2D eigenvalue weighted by Gasteiger charge is 2.26. The number of imide groups is 1. The van der Waals surface area contributed by atoms with Crippen LogP contribution < -0.4 is 5.32 Å². The lowest BCUT2D eigenvalue weighted by Crippen LogP contribution is -2.35. The van der Waals surface area contributed by atoms with Crippen molar-refractivity contribution in [2.45, 2.75) is 11.6 Å². The number of rotatable bonds is 5. The van der Waals surface area contributed by atoms with Gasteiger partial charge in [-0.3, -0.25) is 9.69 Å². The van der Waals surface area contributed by atoms with Gasteiger partial charge in [-0.2, -0.15) is 0 Å². The zero-order chi connectivity index (χ0) is 16.2. The van der Waals surface area contributed by atoms with Gasteiger partial charge in [0.1, 0.15) is 5.82 Å². The molecule has 7 nitrogen and oxygen atoms in total. The van der Waals surface area contributed by atoms with E-state index in [1.807, 2.05) is 41.9 Å². The Hall–Kier alpha value is -2.35. The average Bonchev–Trinajstić information content (AvgIpc) is 3.13. The fourth-order valence-electron chi connectivity index (χ4n) is 2.32. The highest BCUT2D eigenvalue weighted by Crippen LogP contribution is 2.18. The first kappa shape index (κ1) is 15.5. The van der Waals surface area contributed by atoms with Crippen LogP contribution in [0.5, 0.6) is 0 Å². The van der Waals surface area contributed by atoms with Crippen LogP contribution in [0.1, 0.15) is 11.4 Å². The van der Waals surface area contributed by atoms with E-state index in [0.29, 0.717) is 24.7 Å². The number of benzene rings is 1. The number of carbonyl (C=O) groups is 2. The number of nitrogens with zero attached hydrogens (tertiary/aromatic N) is 4. The van der Waals surface area contributed by atoms with Crippen LogP contribution in [0.3, 0.4) is 0 Å². The lowest BCUT2D eigenvalue weighted by atomic mass is 10.1. The Bertz CT molecular complexity index is 716. The summed E-state index contributed by atoms with van der Waals surface area (Å²) in [6.45, 7) is 0.941. The van der Waals surface area contributed by atoms with Crippen molar-refractivity contribution in [1.29, 1.82) is 0 Å². The number of hydrogen-bond acceptors (Lipinski definition) is 5. The van der Waals surface area contributed by atoms with E-state index in [1.54, 1.807) is 0 Å². The highest BCUT2D eigenvalue weighted by atomic mass is 32.2. The molecule has 1 fully saturated rings. The Labute approximate surface area is 138 Å². The van der Waals surface area contributed by atoms with E-state index in [9.17, 15) is 9.59 Å². The molecule has 23 heavy (non-hydrogen) atoms. The first-order valence-electron chi connectivity index (χ1n) is 7.28. The Balaban J connectivity index is 1.61. The first-order valence-corrected chi connectivity index (χ1v) is 8.27. The second-order valence-corrected chi connectivity index (χ2v) is 6.13. The van der Waals surface area contributed by atoms with Gasteiger partial charge in [0.05, 0.1) is 5.75 Å². The van der Waals surface area contributed by atoms with Crippen molar-refractivity contribution in [2.24, 2.45) is 7.05 Å². The standard InChI is InChI=1S/C15H17N5O2S/c1-19-12(9-11-5-3-2-4-6-11)17-18-15(19)23-10-13(21)20-8-7-16-14(20)22/h2-6H,7-10H2,1H3,(H,16,22). The third-order valence-corrected chi connectivity index (χ3v) is 4.62. The summed E-state index contributed by atoms with van der Waals surface area (Å²) in [6.07, 6.45) is 0.688. The van der Waals surface area contributed by atoms with Gasteiger partial charge in [0.25, 0.3) is 0 Å². The van der Waals surface area contributed by atoms with Gasteiger partial charge < -0.3 is 9.88 Å². The number of nitrogens with one attached hydrogen (secondary N) is 1. The molecule has 1 aromatic carbocycles. The monoisotopic (exact) mass is 331 g/mol. The Kier molecular flexibility index (Phi) is 4.61. The minimum atomic E-state index is -0.321. The molecule has 1 aliphatic rings. The zero-order valence-electron chi connectivity index (χ0n) is 12.7. The number of thioether (sulfide) groups is 1. The minimum absolute atomic E-state index is 0.171. The molecule has 0 saturated carbocycles.